The molecule has 0 bridgehead atoms. The van der Waals surface area contributed by atoms with Crippen molar-refractivity contribution in [1.29, 1.82) is 0 Å². The number of nitrogens with one attached hydrogen (secondary N) is 1. The highest BCUT2D eigenvalue weighted by Gasteiger charge is 2.25. The Morgan fingerprint density at radius 1 is 1.47 bits per heavy atom. The molecular weight excluding hydrogens is 288 g/mol. The molecular formula is C10H14N4O3S2. The van der Waals surface area contributed by atoms with Crippen molar-refractivity contribution in [2.24, 2.45) is 0 Å². The van der Waals surface area contributed by atoms with E-state index in [-0.39, 0.29) is 9.34 Å². The van der Waals surface area contributed by atoms with Gasteiger partial charge in [0.1, 0.15) is 5.76 Å². The van der Waals surface area contributed by atoms with Gasteiger partial charge in [0.05, 0.1) is 17.9 Å². The molecule has 0 spiro atoms. The zero-order chi connectivity index (χ0) is 14.2. The van der Waals surface area contributed by atoms with Gasteiger partial charge >= 0.3 is 0 Å². The lowest BCUT2D eigenvalue weighted by atomic mass is 10.4. The quantitative estimate of drug-likeness (QED) is 0.882. The third-order valence-corrected chi connectivity index (χ3v) is 5.49. The molecule has 104 valence electrons. The smallest absolute Gasteiger partial charge is 0.252 e. The summed E-state index contributed by atoms with van der Waals surface area (Å²) in [6, 6.07) is -0.568. The van der Waals surface area contributed by atoms with E-state index in [1.54, 1.807) is 20.8 Å². The standard InChI is InChI=1S/C10H14N4O3S2/c1-5-4-12-8(17-5)6(2)14-19(15,16)9-7(3)13-10(11)18-9/h4,6,14H,1-3H3,(H2,11,13). The van der Waals surface area contributed by atoms with Gasteiger partial charge < -0.3 is 10.2 Å². The Hall–Kier alpha value is -1.45. The van der Waals surface area contributed by atoms with Gasteiger partial charge in [0, 0.05) is 0 Å². The lowest BCUT2D eigenvalue weighted by Crippen LogP contribution is -2.27. The molecule has 0 amide bonds. The third-order valence-electron chi connectivity index (χ3n) is 2.36. The predicted octanol–water partition coefficient (Wildman–Crippen LogP) is 1.37. The number of rotatable bonds is 4. The molecule has 3 N–H and O–H groups in total. The van der Waals surface area contributed by atoms with E-state index >= 15 is 0 Å². The maximum Gasteiger partial charge on any atom is 0.252 e. The fourth-order valence-electron chi connectivity index (χ4n) is 1.56. The maximum absolute atomic E-state index is 12.2. The van der Waals surface area contributed by atoms with Crippen LogP contribution in [0.15, 0.2) is 14.8 Å². The second kappa shape index (κ2) is 4.91. The van der Waals surface area contributed by atoms with E-state index in [1.165, 1.54) is 6.20 Å². The molecule has 0 aliphatic rings. The van der Waals surface area contributed by atoms with Crippen LogP contribution in [0, 0.1) is 13.8 Å². The molecule has 0 saturated carbocycles. The van der Waals surface area contributed by atoms with Gasteiger partial charge in [0.2, 0.25) is 5.89 Å². The lowest BCUT2D eigenvalue weighted by molar-refractivity contribution is 0.428. The number of aryl methyl sites for hydroxylation is 2. The number of aromatic nitrogens is 2. The molecule has 2 rings (SSSR count). The number of thiazole rings is 1. The topological polar surface area (TPSA) is 111 Å². The van der Waals surface area contributed by atoms with Gasteiger partial charge in [-0.3, -0.25) is 0 Å². The van der Waals surface area contributed by atoms with Crippen LogP contribution in [0.5, 0.6) is 0 Å². The minimum absolute atomic E-state index is 0.111. The Balaban J connectivity index is 2.24. The zero-order valence-corrected chi connectivity index (χ0v) is 12.3. The van der Waals surface area contributed by atoms with Gasteiger partial charge in [-0.25, -0.2) is 18.4 Å². The van der Waals surface area contributed by atoms with Crippen LogP contribution in [-0.2, 0) is 10.0 Å². The molecule has 2 aromatic heterocycles. The van der Waals surface area contributed by atoms with Gasteiger partial charge in [0.15, 0.2) is 9.34 Å². The number of hydrogen-bond donors (Lipinski definition) is 2. The van der Waals surface area contributed by atoms with Crippen molar-refractivity contribution in [1.82, 2.24) is 14.7 Å². The normalized spacial score (nSPS) is 13.6. The summed E-state index contributed by atoms with van der Waals surface area (Å²) >= 11 is 0.929. The van der Waals surface area contributed by atoms with E-state index in [9.17, 15) is 8.42 Å². The van der Waals surface area contributed by atoms with E-state index in [2.05, 4.69) is 14.7 Å². The molecule has 0 radical (unpaired) electrons. The summed E-state index contributed by atoms with van der Waals surface area (Å²) in [5.74, 6) is 0.940. The highest BCUT2D eigenvalue weighted by molar-refractivity contribution is 7.91. The highest BCUT2D eigenvalue weighted by Crippen LogP contribution is 2.26. The molecule has 19 heavy (non-hydrogen) atoms. The Bertz CT molecular complexity index is 689. The van der Waals surface area contributed by atoms with Crippen LogP contribution in [-0.4, -0.2) is 18.4 Å². The van der Waals surface area contributed by atoms with E-state index in [4.69, 9.17) is 10.2 Å². The Morgan fingerprint density at radius 3 is 2.63 bits per heavy atom. The monoisotopic (exact) mass is 302 g/mol. The highest BCUT2D eigenvalue weighted by atomic mass is 32.2. The van der Waals surface area contributed by atoms with Crippen LogP contribution >= 0.6 is 11.3 Å². The lowest BCUT2D eigenvalue weighted by Gasteiger charge is -2.10. The number of nitrogens with two attached hydrogens (primary N) is 1. The second-order valence-corrected chi connectivity index (χ2v) is 7.02. The number of oxazole rings is 1. The summed E-state index contributed by atoms with van der Waals surface area (Å²) < 4.78 is 32.3. The number of anilines is 1. The average molecular weight is 302 g/mol. The predicted molar refractivity (Wildman–Crippen MR) is 71.2 cm³/mol. The van der Waals surface area contributed by atoms with Crippen molar-refractivity contribution in [2.75, 3.05) is 5.73 Å². The first-order valence-corrected chi connectivity index (χ1v) is 7.77. The Morgan fingerprint density at radius 2 is 2.16 bits per heavy atom. The van der Waals surface area contributed by atoms with Crippen molar-refractivity contribution in [3.63, 3.8) is 0 Å². The Labute approximate surface area is 114 Å². The number of nitrogen functional groups attached to an aromatic ring is 1. The van der Waals surface area contributed by atoms with Crippen LogP contribution in [0.4, 0.5) is 5.13 Å². The van der Waals surface area contributed by atoms with Gasteiger partial charge in [0.25, 0.3) is 10.0 Å². The van der Waals surface area contributed by atoms with Gasteiger partial charge in [-0.15, -0.1) is 0 Å². The molecule has 1 unspecified atom stereocenters. The van der Waals surface area contributed by atoms with E-state index in [0.717, 1.165) is 11.3 Å². The third kappa shape index (κ3) is 2.94. The molecule has 0 aromatic carbocycles. The molecule has 0 aliphatic heterocycles. The average Bonchev–Trinajstić information content (AvgIpc) is 2.84. The van der Waals surface area contributed by atoms with Crippen molar-refractivity contribution < 1.29 is 12.8 Å². The summed E-state index contributed by atoms with van der Waals surface area (Å²) in [5, 5.41) is 0.220. The summed E-state index contributed by atoms with van der Waals surface area (Å²) in [6.07, 6.45) is 1.54. The Kier molecular flexibility index (Phi) is 3.61. The van der Waals surface area contributed by atoms with Crippen LogP contribution in [0.3, 0.4) is 0 Å². The minimum Gasteiger partial charge on any atom is -0.444 e. The molecule has 2 heterocycles. The first-order valence-electron chi connectivity index (χ1n) is 5.47. The fraction of sp³-hybridized carbons (Fsp3) is 0.400. The summed E-state index contributed by atoms with van der Waals surface area (Å²) in [7, 11) is -3.68. The van der Waals surface area contributed by atoms with Crippen molar-refractivity contribution in [2.45, 2.75) is 31.0 Å². The number of sulfonamides is 1. The summed E-state index contributed by atoms with van der Waals surface area (Å²) in [4.78, 5) is 7.89. The van der Waals surface area contributed by atoms with Crippen LogP contribution in [0.1, 0.15) is 30.3 Å². The molecule has 7 nitrogen and oxygen atoms in total. The minimum atomic E-state index is -3.68. The van der Waals surface area contributed by atoms with Crippen LogP contribution < -0.4 is 10.5 Å². The molecule has 2 aromatic rings. The first-order chi connectivity index (χ1) is 8.79. The van der Waals surface area contributed by atoms with Gasteiger partial charge in [-0.05, 0) is 20.8 Å². The molecule has 1 atom stereocenters. The van der Waals surface area contributed by atoms with Crippen LogP contribution in [0.2, 0.25) is 0 Å². The van der Waals surface area contributed by atoms with Crippen LogP contribution in [0.25, 0.3) is 0 Å². The van der Waals surface area contributed by atoms with Gasteiger partial charge in [-0.2, -0.15) is 4.72 Å². The summed E-state index contributed by atoms with van der Waals surface area (Å²) in [6.45, 7) is 5.00. The van der Waals surface area contributed by atoms with E-state index in [0.29, 0.717) is 17.3 Å². The zero-order valence-electron chi connectivity index (χ0n) is 10.7. The van der Waals surface area contributed by atoms with Crippen molar-refractivity contribution in [3.8, 4) is 0 Å². The number of hydrogen-bond acceptors (Lipinski definition) is 7. The largest absolute Gasteiger partial charge is 0.444 e. The van der Waals surface area contributed by atoms with Crippen molar-refractivity contribution >= 4 is 26.5 Å². The van der Waals surface area contributed by atoms with Crippen molar-refractivity contribution in [3.05, 3.63) is 23.5 Å². The SMILES string of the molecule is Cc1cnc(C(C)NS(=O)(=O)c2sc(N)nc2C)o1. The van der Waals surface area contributed by atoms with E-state index in [1.807, 2.05) is 0 Å². The maximum atomic E-state index is 12.2. The molecule has 9 heteroatoms. The molecule has 0 fully saturated rings. The van der Waals surface area contributed by atoms with E-state index < -0.39 is 16.1 Å². The number of nitrogens with zero attached hydrogens (tertiary/aromatic N) is 2. The second-order valence-electron chi connectivity index (χ2n) is 4.08. The van der Waals surface area contributed by atoms with Gasteiger partial charge in [-0.1, -0.05) is 11.3 Å². The molecule has 0 saturated heterocycles. The molecule has 0 aliphatic carbocycles. The fourth-order valence-corrected chi connectivity index (χ4v) is 4.07. The first kappa shape index (κ1) is 14.0. The summed E-state index contributed by atoms with van der Waals surface area (Å²) in [5.41, 5.74) is 5.89.